The van der Waals surface area contributed by atoms with Crippen LogP contribution in [0.4, 0.5) is 0 Å². The van der Waals surface area contributed by atoms with E-state index in [0.717, 1.165) is 0 Å². The highest BCUT2D eigenvalue weighted by Crippen LogP contribution is 2.10. The smallest absolute Gasteiger partial charge is 0.257 e. The molecule has 1 rings (SSSR count). The summed E-state index contributed by atoms with van der Waals surface area (Å²) in [6.45, 7) is 0. The molecule has 4 nitrogen and oxygen atoms in total. The molecule has 0 bridgehead atoms. The minimum atomic E-state index is -0.221. The summed E-state index contributed by atoms with van der Waals surface area (Å²) in [4.78, 5) is 13.4. The SMILES string of the molecule is COc1ccc(C(=O)NC(=S)N(C)C)cc1. The predicted molar refractivity (Wildman–Crippen MR) is 66.7 cm³/mol. The summed E-state index contributed by atoms with van der Waals surface area (Å²) in [6, 6.07) is 6.83. The van der Waals surface area contributed by atoms with Gasteiger partial charge in [0.25, 0.3) is 5.91 Å². The van der Waals surface area contributed by atoms with Gasteiger partial charge in [-0.15, -0.1) is 0 Å². The van der Waals surface area contributed by atoms with Crippen LogP contribution in [0.1, 0.15) is 10.4 Å². The number of rotatable bonds is 2. The summed E-state index contributed by atoms with van der Waals surface area (Å²) < 4.78 is 5.00. The van der Waals surface area contributed by atoms with E-state index in [4.69, 9.17) is 17.0 Å². The number of hydrogen-bond donors (Lipinski definition) is 1. The summed E-state index contributed by atoms with van der Waals surface area (Å²) in [5.74, 6) is 0.494. The maximum atomic E-state index is 11.7. The highest BCUT2D eigenvalue weighted by molar-refractivity contribution is 7.80. The van der Waals surface area contributed by atoms with Crippen molar-refractivity contribution in [3.8, 4) is 5.75 Å². The Balaban J connectivity index is 2.70. The van der Waals surface area contributed by atoms with Crippen molar-refractivity contribution in [2.24, 2.45) is 0 Å². The highest BCUT2D eigenvalue weighted by atomic mass is 32.1. The van der Waals surface area contributed by atoms with Gasteiger partial charge in [0.1, 0.15) is 5.75 Å². The van der Waals surface area contributed by atoms with E-state index in [1.165, 1.54) is 0 Å². The van der Waals surface area contributed by atoms with Crippen LogP contribution in [0.25, 0.3) is 0 Å². The van der Waals surface area contributed by atoms with Crippen molar-refractivity contribution < 1.29 is 9.53 Å². The number of amides is 1. The molecule has 1 aromatic carbocycles. The van der Waals surface area contributed by atoms with Crippen LogP contribution in [0.2, 0.25) is 0 Å². The number of nitrogens with one attached hydrogen (secondary N) is 1. The molecule has 5 heteroatoms. The fraction of sp³-hybridized carbons (Fsp3) is 0.273. The number of ether oxygens (including phenoxy) is 1. The van der Waals surface area contributed by atoms with Gasteiger partial charge in [0.15, 0.2) is 5.11 Å². The van der Waals surface area contributed by atoms with E-state index >= 15 is 0 Å². The zero-order chi connectivity index (χ0) is 12.1. The van der Waals surface area contributed by atoms with Crippen LogP contribution < -0.4 is 10.1 Å². The lowest BCUT2D eigenvalue weighted by Crippen LogP contribution is -2.38. The van der Waals surface area contributed by atoms with Crippen molar-refractivity contribution in [1.29, 1.82) is 0 Å². The van der Waals surface area contributed by atoms with E-state index in [2.05, 4.69) is 5.32 Å². The summed E-state index contributed by atoms with van der Waals surface area (Å²) in [5.41, 5.74) is 0.546. The first-order chi connectivity index (χ1) is 7.54. The normalized spacial score (nSPS) is 9.44. The minimum absolute atomic E-state index is 0.221. The zero-order valence-corrected chi connectivity index (χ0v) is 10.3. The third-order valence-corrected chi connectivity index (χ3v) is 2.45. The Labute approximate surface area is 100 Å². The van der Waals surface area contributed by atoms with E-state index in [0.29, 0.717) is 16.4 Å². The second kappa shape index (κ2) is 5.46. The molecule has 86 valence electrons. The Bertz CT molecular complexity index is 387. The summed E-state index contributed by atoms with van der Waals surface area (Å²) >= 11 is 4.97. The summed E-state index contributed by atoms with van der Waals surface area (Å²) in [7, 11) is 5.13. The lowest BCUT2D eigenvalue weighted by molar-refractivity contribution is 0.0974. The monoisotopic (exact) mass is 238 g/mol. The van der Waals surface area contributed by atoms with Crippen molar-refractivity contribution in [1.82, 2.24) is 10.2 Å². The average Bonchev–Trinajstić information content (AvgIpc) is 2.28. The quantitative estimate of drug-likeness (QED) is 0.788. The van der Waals surface area contributed by atoms with Gasteiger partial charge in [0.2, 0.25) is 0 Å². The van der Waals surface area contributed by atoms with Crippen molar-refractivity contribution in [3.63, 3.8) is 0 Å². The molecule has 0 heterocycles. The van der Waals surface area contributed by atoms with Crippen molar-refractivity contribution in [2.45, 2.75) is 0 Å². The van der Waals surface area contributed by atoms with Crippen LogP contribution in [-0.2, 0) is 0 Å². The van der Waals surface area contributed by atoms with E-state index in [9.17, 15) is 4.79 Å². The molecule has 0 aliphatic heterocycles. The Morgan fingerprint density at radius 3 is 2.31 bits per heavy atom. The number of carbonyl (C=O) groups is 1. The van der Waals surface area contributed by atoms with Gasteiger partial charge in [-0.3, -0.25) is 10.1 Å². The largest absolute Gasteiger partial charge is 0.497 e. The first-order valence-corrected chi connectivity index (χ1v) is 5.12. The van der Waals surface area contributed by atoms with Gasteiger partial charge in [-0.2, -0.15) is 0 Å². The number of carbonyl (C=O) groups excluding carboxylic acids is 1. The van der Waals surface area contributed by atoms with Gasteiger partial charge in [0.05, 0.1) is 7.11 Å². The molecule has 0 aromatic heterocycles. The Morgan fingerprint density at radius 1 is 1.31 bits per heavy atom. The molecule has 0 atom stereocenters. The van der Waals surface area contributed by atoms with E-state index in [1.807, 2.05) is 0 Å². The Kier molecular flexibility index (Phi) is 4.25. The van der Waals surface area contributed by atoms with Crippen LogP contribution in [0.15, 0.2) is 24.3 Å². The van der Waals surface area contributed by atoms with Gasteiger partial charge in [-0.05, 0) is 36.5 Å². The molecule has 0 unspecified atom stereocenters. The van der Waals surface area contributed by atoms with Gasteiger partial charge in [0, 0.05) is 19.7 Å². The fourth-order valence-electron chi connectivity index (χ4n) is 1.02. The van der Waals surface area contributed by atoms with Crippen LogP contribution in [-0.4, -0.2) is 37.1 Å². The van der Waals surface area contributed by atoms with Crippen molar-refractivity contribution in [3.05, 3.63) is 29.8 Å². The highest BCUT2D eigenvalue weighted by Gasteiger charge is 2.08. The molecule has 0 saturated heterocycles. The predicted octanol–water partition coefficient (Wildman–Crippen LogP) is 1.27. The lowest BCUT2D eigenvalue weighted by Gasteiger charge is -2.14. The molecule has 1 amide bonds. The number of thiocarbonyl (C=S) groups is 1. The van der Waals surface area contributed by atoms with Crippen LogP contribution >= 0.6 is 12.2 Å². The molecule has 0 aliphatic rings. The molecule has 0 radical (unpaired) electrons. The second-order valence-corrected chi connectivity index (χ2v) is 3.77. The molecule has 0 saturated carbocycles. The zero-order valence-electron chi connectivity index (χ0n) is 9.48. The average molecular weight is 238 g/mol. The van der Waals surface area contributed by atoms with Crippen molar-refractivity contribution >= 4 is 23.2 Å². The molecule has 16 heavy (non-hydrogen) atoms. The maximum Gasteiger partial charge on any atom is 0.257 e. The lowest BCUT2D eigenvalue weighted by atomic mass is 10.2. The number of benzene rings is 1. The topological polar surface area (TPSA) is 41.6 Å². The van der Waals surface area contributed by atoms with Crippen LogP contribution in [0, 0.1) is 0 Å². The first-order valence-electron chi connectivity index (χ1n) is 4.71. The third kappa shape index (κ3) is 3.20. The van der Waals surface area contributed by atoms with E-state index in [1.54, 1.807) is 50.4 Å². The number of hydrogen-bond acceptors (Lipinski definition) is 3. The summed E-state index contributed by atoms with van der Waals surface area (Å²) in [6.07, 6.45) is 0. The molecule has 0 fully saturated rings. The number of methoxy groups -OCH3 is 1. The van der Waals surface area contributed by atoms with Crippen molar-refractivity contribution in [2.75, 3.05) is 21.2 Å². The van der Waals surface area contributed by atoms with E-state index in [-0.39, 0.29) is 5.91 Å². The molecular formula is C11H14N2O2S. The molecule has 0 spiro atoms. The Hall–Kier alpha value is -1.62. The van der Waals surface area contributed by atoms with Crippen LogP contribution in [0.5, 0.6) is 5.75 Å². The number of nitrogens with zero attached hydrogens (tertiary/aromatic N) is 1. The van der Waals surface area contributed by atoms with Gasteiger partial charge < -0.3 is 9.64 Å². The molecule has 1 aromatic rings. The second-order valence-electron chi connectivity index (χ2n) is 3.38. The standard InChI is InChI=1S/C11H14N2O2S/c1-13(2)11(16)12-10(14)8-4-6-9(15-3)7-5-8/h4-7H,1-3H3,(H,12,14,16). The molecular weight excluding hydrogens is 224 g/mol. The van der Waals surface area contributed by atoms with Gasteiger partial charge in [-0.25, -0.2) is 0 Å². The molecule has 1 N–H and O–H groups in total. The van der Waals surface area contributed by atoms with E-state index < -0.39 is 0 Å². The van der Waals surface area contributed by atoms with Gasteiger partial charge in [-0.1, -0.05) is 0 Å². The third-order valence-electron chi connectivity index (χ3n) is 1.98. The first kappa shape index (κ1) is 12.4. The maximum absolute atomic E-state index is 11.7. The fourth-order valence-corrected chi connectivity index (χ4v) is 1.12. The Morgan fingerprint density at radius 2 is 1.88 bits per heavy atom. The minimum Gasteiger partial charge on any atom is -0.497 e. The van der Waals surface area contributed by atoms with Crippen LogP contribution in [0.3, 0.4) is 0 Å². The molecule has 0 aliphatic carbocycles. The summed E-state index contributed by atoms with van der Waals surface area (Å²) in [5, 5.41) is 3.00. The van der Waals surface area contributed by atoms with Gasteiger partial charge >= 0.3 is 0 Å².